The Hall–Kier alpha value is -2.99. The van der Waals surface area contributed by atoms with Crippen molar-refractivity contribution in [3.8, 4) is 0 Å². The lowest BCUT2D eigenvalue weighted by atomic mass is 9.80. The Morgan fingerprint density at radius 3 is 2.16 bits per heavy atom. The van der Waals surface area contributed by atoms with Crippen molar-refractivity contribution in [3.05, 3.63) is 83.6 Å². The Bertz CT molecular complexity index is 934. The molecule has 31 heavy (non-hydrogen) atoms. The fraction of sp³-hybridized carbons (Fsp3) is 0.400. The Morgan fingerprint density at radius 1 is 0.839 bits per heavy atom. The van der Waals surface area contributed by atoms with Crippen LogP contribution in [0.2, 0.25) is 0 Å². The molecule has 6 heteroatoms. The van der Waals surface area contributed by atoms with E-state index < -0.39 is 0 Å². The van der Waals surface area contributed by atoms with Crippen molar-refractivity contribution in [1.29, 1.82) is 0 Å². The molecule has 1 aliphatic carbocycles. The summed E-state index contributed by atoms with van der Waals surface area (Å²) in [5.41, 5.74) is 2.13. The normalized spacial score (nSPS) is 18.6. The summed E-state index contributed by atoms with van der Waals surface area (Å²) in [6.45, 7) is 1.17. The minimum Gasteiger partial charge on any atom is -0.461 e. The van der Waals surface area contributed by atoms with Gasteiger partial charge in [0.05, 0.1) is 6.61 Å². The monoisotopic (exact) mass is 420 g/mol. The first kappa shape index (κ1) is 21.2. The van der Waals surface area contributed by atoms with E-state index in [1.807, 2.05) is 60.7 Å². The Balaban J connectivity index is 1.16. The highest BCUT2D eigenvalue weighted by Gasteiger charge is 2.27. The Kier molecular flexibility index (Phi) is 7.45. The molecular formula is C25H28N2O4. The fourth-order valence-corrected chi connectivity index (χ4v) is 3.97. The summed E-state index contributed by atoms with van der Waals surface area (Å²) in [4.78, 5) is 12.2. The van der Waals surface area contributed by atoms with Gasteiger partial charge in [0.2, 0.25) is 11.8 Å². The Labute approximate surface area is 182 Å². The van der Waals surface area contributed by atoms with Crippen LogP contribution in [0.3, 0.4) is 0 Å². The second-order valence-corrected chi connectivity index (χ2v) is 8.08. The number of carbonyl (C=O) groups is 1. The van der Waals surface area contributed by atoms with E-state index in [-0.39, 0.29) is 11.9 Å². The summed E-state index contributed by atoms with van der Waals surface area (Å²) < 4.78 is 16.9. The van der Waals surface area contributed by atoms with Gasteiger partial charge in [-0.1, -0.05) is 60.7 Å². The Morgan fingerprint density at radius 2 is 1.48 bits per heavy atom. The lowest BCUT2D eigenvalue weighted by Crippen LogP contribution is -2.18. The van der Waals surface area contributed by atoms with Crippen molar-refractivity contribution >= 4 is 5.97 Å². The van der Waals surface area contributed by atoms with E-state index in [9.17, 15) is 4.79 Å². The molecule has 0 spiro atoms. The zero-order valence-electron chi connectivity index (χ0n) is 17.6. The standard InChI is InChI=1S/C25H28N2O4/c28-24(30-17-21-9-5-2-6-10-21)15-19-11-13-22(14-12-19)25-27-26-23(31-25)18-29-16-20-7-3-1-4-8-20/h1-10,19,22H,11-18H2. The average molecular weight is 421 g/mol. The summed E-state index contributed by atoms with van der Waals surface area (Å²) in [6.07, 6.45) is 4.30. The van der Waals surface area contributed by atoms with Gasteiger partial charge >= 0.3 is 5.97 Å². The lowest BCUT2D eigenvalue weighted by molar-refractivity contribution is -0.146. The third-order valence-corrected chi connectivity index (χ3v) is 5.71. The van der Waals surface area contributed by atoms with Crippen LogP contribution in [-0.2, 0) is 34.1 Å². The van der Waals surface area contributed by atoms with Crippen LogP contribution in [0.25, 0.3) is 0 Å². The minimum atomic E-state index is -0.122. The molecule has 1 fully saturated rings. The molecule has 1 aromatic heterocycles. The van der Waals surface area contributed by atoms with Crippen molar-refractivity contribution in [1.82, 2.24) is 10.2 Å². The van der Waals surface area contributed by atoms with Gasteiger partial charge in [0.15, 0.2) is 0 Å². The highest BCUT2D eigenvalue weighted by Crippen LogP contribution is 2.36. The summed E-state index contributed by atoms with van der Waals surface area (Å²) in [6, 6.07) is 19.8. The van der Waals surface area contributed by atoms with E-state index in [1.54, 1.807) is 0 Å². The lowest BCUT2D eigenvalue weighted by Gasteiger charge is -2.25. The summed E-state index contributed by atoms with van der Waals surface area (Å²) in [5, 5.41) is 8.35. The van der Waals surface area contributed by atoms with Gasteiger partial charge in [0, 0.05) is 12.3 Å². The van der Waals surface area contributed by atoms with E-state index in [1.165, 1.54) is 0 Å². The highest BCUT2D eigenvalue weighted by molar-refractivity contribution is 5.69. The van der Waals surface area contributed by atoms with Crippen LogP contribution in [-0.4, -0.2) is 16.2 Å². The van der Waals surface area contributed by atoms with Gasteiger partial charge in [0.25, 0.3) is 0 Å². The molecule has 0 aliphatic heterocycles. The van der Waals surface area contributed by atoms with Gasteiger partial charge in [-0.05, 0) is 42.7 Å². The number of rotatable bonds is 9. The molecule has 0 unspecified atom stereocenters. The van der Waals surface area contributed by atoms with Crippen molar-refractivity contribution in [2.45, 2.75) is 57.8 Å². The molecule has 0 amide bonds. The molecule has 2 aromatic carbocycles. The third kappa shape index (κ3) is 6.49. The van der Waals surface area contributed by atoms with Crippen LogP contribution in [0.5, 0.6) is 0 Å². The fourth-order valence-electron chi connectivity index (χ4n) is 3.97. The van der Waals surface area contributed by atoms with Crippen molar-refractivity contribution < 1.29 is 18.7 Å². The molecule has 0 bridgehead atoms. The first-order chi connectivity index (χ1) is 15.3. The molecule has 6 nitrogen and oxygen atoms in total. The zero-order chi connectivity index (χ0) is 21.3. The van der Waals surface area contributed by atoms with Gasteiger partial charge in [-0.3, -0.25) is 4.79 Å². The predicted octanol–water partition coefficient (Wildman–Crippen LogP) is 5.19. The molecule has 0 atom stereocenters. The molecule has 1 saturated carbocycles. The topological polar surface area (TPSA) is 74.5 Å². The van der Waals surface area contributed by atoms with E-state index in [0.717, 1.165) is 36.8 Å². The molecule has 0 saturated heterocycles. The second kappa shape index (κ2) is 10.9. The first-order valence-electron chi connectivity index (χ1n) is 10.9. The molecule has 1 aliphatic rings. The van der Waals surface area contributed by atoms with E-state index in [2.05, 4.69) is 10.2 Å². The summed E-state index contributed by atoms with van der Waals surface area (Å²) >= 11 is 0. The van der Waals surface area contributed by atoms with Crippen LogP contribution in [0.4, 0.5) is 0 Å². The quantitative estimate of drug-likeness (QED) is 0.443. The number of benzene rings is 2. The van der Waals surface area contributed by atoms with E-state index >= 15 is 0 Å². The van der Waals surface area contributed by atoms with Crippen LogP contribution in [0.15, 0.2) is 65.1 Å². The SMILES string of the molecule is O=C(CC1CCC(c2nnc(COCc3ccccc3)o2)CC1)OCc1ccccc1. The minimum absolute atomic E-state index is 0.122. The number of nitrogens with zero attached hydrogens (tertiary/aromatic N) is 2. The number of ether oxygens (including phenoxy) is 2. The maximum absolute atomic E-state index is 12.2. The number of hydrogen-bond donors (Lipinski definition) is 0. The van der Waals surface area contributed by atoms with E-state index in [4.69, 9.17) is 13.9 Å². The zero-order valence-corrected chi connectivity index (χ0v) is 17.6. The highest BCUT2D eigenvalue weighted by atomic mass is 16.5. The number of carbonyl (C=O) groups excluding carboxylic acids is 1. The summed E-state index contributed by atoms with van der Waals surface area (Å²) in [7, 11) is 0. The molecule has 162 valence electrons. The molecule has 4 rings (SSSR count). The second-order valence-electron chi connectivity index (χ2n) is 8.08. The van der Waals surface area contributed by atoms with Gasteiger partial charge in [-0.2, -0.15) is 0 Å². The molecule has 1 heterocycles. The molecule has 0 radical (unpaired) electrons. The van der Waals surface area contributed by atoms with Crippen LogP contribution in [0, 0.1) is 5.92 Å². The average Bonchev–Trinajstić information content (AvgIpc) is 3.29. The van der Waals surface area contributed by atoms with Gasteiger partial charge in [-0.15, -0.1) is 10.2 Å². The van der Waals surface area contributed by atoms with Crippen molar-refractivity contribution in [2.75, 3.05) is 0 Å². The summed E-state index contributed by atoms with van der Waals surface area (Å²) in [5.74, 6) is 1.69. The maximum atomic E-state index is 12.2. The van der Waals surface area contributed by atoms with Gasteiger partial charge < -0.3 is 13.9 Å². The number of hydrogen-bond acceptors (Lipinski definition) is 6. The van der Waals surface area contributed by atoms with Crippen LogP contribution >= 0.6 is 0 Å². The molecular weight excluding hydrogens is 392 g/mol. The van der Waals surface area contributed by atoms with E-state index in [0.29, 0.717) is 43.9 Å². The number of esters is 1. The molecule has 0 N–H and O–H groups in total. The number of aromatic nitrogens is 2. The third-order valence-electron chi connectivity index (χ3n) is 5.71. The van der Waals surface area contributed by atoms with Crippen molar-refractivity contribution in [2.24, 2.45) is 5.92 Å². The van der Waals surface area contributed by atoms with Gasteiger partial charge in [0.1, 0.15) is 13.2 Å². The van der Waals surface area contributed by atoms with Gasteiger partial charge in [-0.25, -0.2) is 0 Å². The smallest absolute Gasteiger partial charge is 0.306 e. The maximum Gasteiger partial charge on any atom is 0.306 e. The van der Waals surface area contributed by atoms with Crippen molar-refractivity contribution in [3.63, 3.8) is 0 Å². The van der Waals surface area contributed by atoms with Crippen LogP contribution < -0.4 is 0 Å². The molecule has 3 aromatic rings. The largest absolute Gasteiger partial charge is 0.461 e. The first-order valence-corrected chi connectivity index (χ1v) is 10.9. The predicted molar refractivity (Wildman–Crippen MR) is 115 cm³/mol. The van der Waals surface area contributed by atoms with Crippen LogP contribution in [0.1, 0.15) is 60.9 Å².